The van der Waals surface area contributed by atoms with Gasteiger partial charge >= 0.3 is 0 Å². The number of hydrogen-bond donors (Lipinski definition) is 0. The lowest BCUT2D eigenvalue weighted by Gasteiger charge is -2.26. The first-order valence-electron chi connectivity index (χ1n) is 4.95. The van der Waals surface area contributed by atoms with Crippen LogP contribution in [0.3, 0.4) is 0 Å². The molecule has 0 amide bonds. The Kier molecular flexibility index (Phi) is 2.45. The number of ether oxygens (including phenoxy) is 1. The van der Waals surface area contributed by atoms with E-state index in [9.17, 15) is 4.79 Å². The van der Waals surface area contributed by atoms with Crippen molar-refractivity contribution in [2.45, 2.75) is 32.1 Å². The molecule has 0 aromatic heterocycles. The molecule has 2 heteroatoms. The molecule has 2 rings (SSSR count). The maximum Gasteiger partial charge on any atom is 0.133 e. The van der Waals surface area contributed by atoms with Crippen LogP contribution in [0, 0.1) is 11.8 Å². The molecule has 0 aromatic carbocycles. The smallest absolute Gasteiger partial charge is 0.133 e. The summed E-state index contributed by atoms with van der Waals surface area (Å²) >= 11 is 0. The largest absolute Gasteiger partial charge is 0.381 e. The van der Waals surface area contributed by atoms with Gasteiger partial charge in [0.1, 0.15) is 5.78 Å². The van der Waals surface area contributed by atoms with Gasteiger partial charge in [0.25, 0.3) is 0 Å². The average molecular weight is 168 g/mol. The molecule has 68 valence electrons. The minimum absolute atomic E-state index is 0.463. The van der Waals surface area contributed by atoms with Gasteiger partial charge in [-0.1, -0.05) is 0 Å². The molecule has 2 aliphatic rings. The number of ketones is 1. The molecule has 2 atom stereocenters. The minimum atomic E-state index is 0.463. The first-order chi connectivity index (χ1) is 5.86. The van der Waals surface area contributed by atoms with E-state index in [4.69, 9.17) is 4.74 Å². The fourth-order valence-electron chi connectivity index (χ4n) is 2.38. The molecule has 1 aliphatic carbocycles. The van der Waals surface area contributed by atoms with Gasteiger partial charge in [0.15, 0.2) is 0 Å². The van der Waals surface area contributed by atoms with Crippen LogP contribution in [0.5, 0.6) is 0 Å². The minimum Gasteiger partial charge on any atom is -0.381 e. The Morgan fingerprint density at radius 2 is 2.17 bits per heavy atom. The molecule has 1 aliphatic heterocycles. The fraction of sp³-hybridized carbons (Fsp3) is 0.900. The normalized spacial score (nSPS) is 37.2. The third kappa shape index (κ3) is 1.69. The summed E-state index contributed by atoms with van der Waals surface area (Å²) in [4.78, 5) is 11.1. The van der Waals surface area contributed by atoms with E-state index in [0.29, 0.717) is 17.6 Å². The zero-order chi connectivity index (χ0) is 8.39. The van der Waals surface area contributed by atoms with Crippen LogP contribution in [0.2, 0.25) is 0 Å². The van der Waals surface area contributed by atoms with Crippen LogP contribution < -0.4 is 0 Å². The highest BCUT2D eigenvalue weighted by molar-refractivity contribution is 5.80. The molecule has 12 heavy (non-hydrogen) atoms. The van der Waals surface area contributed by atoms with Crippen molar-refractivity contribution in [3.05, 3.63) is 0 Å². The fourth-order valence-corrected chi connectivity index (χ4v) is 2.38. The second-order valence-electron chi connectivity index (χ2n) is 4.02. The van der Waals surface area contributed by atoms with Crippen molar-refractivity contribution < 1.29 is 9.53 Å². The molecule has 1 heterocycles. The van der Waals surface area contributed by atoms with Gasteiger partial charge in [0, 0.05) is 26.1 Å². The number of hydrogen-bond acceptors (Lipinski definition) is 2. The van der Waals surface area contributed by atoms with E-state index < -0.39 is 0 Å². The van der Waals surface area contributed by atoms with E-state index in [0.717, 1.165) is 32.5 Å². The number of carbonyl (C=O) groups is 1. The molecule has 2 fully saturated rings. The molecule has 0 aromatic rings. The van der Waals surface area contributed by atoms with Gasteiger partial charge in [-0.15, -0.1) is 0 Å². The summed E-state index contributed by atoms with van der Waals surface area (Å²) in [5.74, 6) is 1.80. The molecule has 0 radical (unpaired) electrons. The topological polar surface area (TPSA) is 26.3 Å². The molecule has 2 unspecified atom stereocenters. The zero-order valence-corrected chi connectivity index (χ0v) is 7.42. The van der Waals surface area contributed by atoms with Gasteiger partial charge in [-0.05, 0) is 31.1 Å². The van der Waals surface area contributed by atoms with Gasteiger partial charge < -0.3 is 4.74 Å². The Bertz CT molecular complexity index is 171. The van der Waals surface area contributed by atoms with Crippen LogP contribution in [0.15, 0.2) is 0 Å². The highest BCUT2D eigenvalue weighted by Gasteiger charge is 2.30. The average Bonchev–Trinajstić information content (AvgIpc) is 2.54. The van der Waals surface area contributed by atoms with E-state index in [-0.39, 0.29) is 0 Å². The van der Waals surface area contributed by atoms with Crippen molar-refractivity contribution >= 4 is 5.78 Å². The molecule has 0 spiro atoms. The number of Topliss-reactive ketones (excluding diaryl/α,β-unsaturated/α-hetero) is 1. The van der Waals surface area contributed by atoms with Crippen LogP contribution in [-0.2, 0) is 9.53 Å². The van der Waals surface area contributed by atoms with Gasteiger partial charge in [-0.2, -0.15) is 0 Å². The van der Waals surface area contributed by atoms with Crippen molar-refractivity contribution in [3.63, 3.8) is 0 Å². The van der Waals surface area contributed by atoms with Crippen molar-refractivity contribution in [1.29, 1.82) is 0 Å². The molecule has 0 N–H and O–H groups in total. The summed E-state index contributed by atoms with van der Waals surface area (Å²) in [6.45, 7) is 1.83. The monoisotopic (exact) mass is 168 g/mol. The summed E-state index contributed by atoms with van der Waals surface area (Å²) in [5.41, 5.74) is 0. The first-order valence-corrected chi connectivity index (χ1v) is 4.95. The summed E-state index contributed by atoms with van der Waals surface area (Å²) in [7, 11) is 0. The Labute approximate surface area is 73.3 Å². The molecule has 0 bridgehead atoms. The second kappa shape index (κ2) is 3.56. The molecule has 2 nitrogen and oxygen atoms in total. The zero-order valence-electron chi connectivity index (χ0n) is 7.42. The van der Waals surface area contributed by atoms with Gasteiger partial charge in [-0.3, -0.25) is 4.79 Å². The highest BCUT2D eigenvalue weighted by atomic mass is 16.5. The van der Waals surface area contributed by atoms with E-state index >= 15 is 0 Å². The summed E-state index contributed by atoms with van der Waals surface area (Å²) in [6, 6.07) is 0. The maximum absolute atomic E-state index is 11.1. The van der Waals surface area contributed by atoms with E-state index in [2.05, 4.69) is 0 Å². The predicted octanol–water partition coefficient (Wildman–Crippen LogP) is 1.78. The standard InChI is InChI=1S/C10H16O2/c11-10-4-3-8(6-10)9-2-1-5-12-7-9/h8-9H,1-7H2. The van der Waals surface area contributed by atoms with Crippen molar-refractivity contribution in [3.8, 4) is 0 Å². The third-order valence-corrected chi connectivity index (χ3v) is 3.15. The molecular formula is C10H16O2. The third-order valence-electron chi connectivity index (χ3n) is 3.15. The summed E-state index contributed by atoms with van der Waals surface area (Å²) in [6.07, 6.45) is 5.23. The van der Waals surface area contributed by atoms with E-state index in [1.165, 1.54) is 12.8 Å². The highest BCUT2D eigenvalue weighted by Crippen LogP contribution is 2.33. The lowest BCUT2D eigenvalue weighted by atomic mass is 9.87. The van der Waals surface area contributed by atoms with Crippen LogP contribution in [-0.4, -0.2) is 19.0 Å². The quantitative estimate of drug-likeness (QED) is 0.596. The van der Waals surface area contributed by atoms with E-state index in [1.54, 1.807) is 0 Å². The van der Waals surface area contributed by atoms with Crippen molar-refractivity contribution in [1.82, 2.24) is 0 Å². The Hall–Kier alpha value is -0.370. The Morgan fingerprint density at radius 3 is 2.75 bits per heavy atom. The Balaban J connectivity index is 1.86. The molecule has 1 saturated heterocycles. The van der Waals surface area contributed by atoms with Crippen molar-refractivity contribution in [2.24, 2.45) is 11.8 Å². The van der Waals surface area contributed by atoms with Crippen LogP contribution in [0.25, 0.3) is 0 Å². The maximum atomic E-state index is 11.1. The predicted molar refractivity (Wildman–Crippen MR) is 45.9 cm³/mol. The van der Waals surface area contributed by atoms with Crippen LogP contribution >= 0.6 is 0 Å². The lowest BCUT2D eigenvalue weighted by molar-refractivity contribution is -0.117. The summed E-state index contributed by atoms with van der Waals surface area (Å²) in [5, 5.41) is 0. The van der Waals surface area contributed by atoms with Crippen LogP contribution in [0.1, 0.15) is 32.1 Å². The van der Waals surface area contributed by atoms with E-state index in [1.807, 2.05) is 0 Å². The number of rotatable bonds is 1. The molecule has 1 saturated carbocycles. The molecular weight excluding hydrogens is 152 g/mol. The lowest BCUT2D eigenvalue weighted by Crippen LogP contribution is -2.23. The first kappa shape index (κ1) is 8.24. The van der Waals surface area contributed by atoms with Crippen molar-refractivity contribution in [2.75, 3.05) is 13.2 Å². The SMILES string of the molecule is O=C1CCC(C2CCCOC2)C1. The number of carbonyl (C=O) groups excluding carboxylic acids is 1. The summed E-state index contributed by atoms with van der Waals surface area (Å²) < 4.78 is 5.42. The second-order valence-corrected chi connectivity index (χ2v) is 4.02. The Morgan fingerprint density at radius 1 is 1.25 bits per heavy atom. The van der Waals surface area contributed by atoms with Gasteiger partial charge in [-0.25, -0.2) is 0 Å². The van der Waals surface area contributed by atoms with Gasteiger partial charge in [0.05, 0.1) is 0 Å². The van der Waals surface area contributed by atoms with Crippen LogP contribution in [0.4, 0.5) is 0 Å². The van der Waals surface area contributed by atoms with Gasteiger partial charge in [0.2, 0.25) is 0 Å².